The third-order valence-electron chi connectivity index (χ3n) is 5.01. The van der Waals surface area contributed by atoms with E-state index in [9.17, 15) is 13.2 Å². The number of benzene rings is 2. The van der Waals surface area contributed by atoms with E-state index in [2.05, 4.69) is 15.0 Å². The number of piperazine rings is 1. The van der Waals surface area contributed by atoms with Gasteiger partial charge >= 0.3 is 0 Å². The van der Waals surface area contributed by atoms with Crippen LogP contribution in [0.1, 0.15) is 21.5 Å². The second-order valence-corrected chi connectivity index (χ2v) is 9.37. The van der Waals surface area contributed by atoms with E-state index in [0.717, 1.165) is 24.2 Å². The molecule has 0 bridgehead atoms. The second kappa shape index (κ2) is 8.71. The van der Waals surface area contributed by atoms with Gasteiger partial charge in [0.1, 0.15) is 0 Å². The first-order valence-electron chi connectivity index (χ1n) is 9.30. The number of halogens is 1. The van der Waals surface area contributed by atoms with Crippen molar-refractivity contribution in [3.05, 3.63) is 58.1 Å². The van der Waals surface area contributed by atoms with E-state index in [4.69, 9.17) is 11.6 Å². The molecule has 1 heterocycles. The van der Waals surface area contributed by atoms with Crippen LogP contribution < -0.4 is 10.1 Å². The predicted molar refractivity (Wildman–Crippen MR) is 115 cm³/mol. The Morgan fingerprint density at radius 2 is 1.69 bits per heavy atom. The second-order valence-electron chi connectivity index (χ2n) is 7.28. The van der Waals surface area contributed by atoms with Crippen molar-refractivity contribution in [2.24, 2.45) is 0 Å². The van der Waals surface area contributed by atoms with Crippen molar-refractivity contribution < 1.29 is 13.2 Å². The summed E-state index contributed by atoms with van der Waals surface area (Å²) in [6.07, 6.45) is 0. The fourth-order valence-corrected chi connectivity index (χ4v) is 4.27. The van der Waals surface area contributed by atoms with Crippen molar-refractivity contribution in [3.8, 4) is 0 Å². The van der Waals surface area contributed by atoms with Gasteiger partial charge in [-0.15, -0.1) is 0 Å². The van der Waals surface area contributed by atoms with Crippen molar-refractivity contribution >= 4 is 33.2 Å². The molecular formula is C20H25ClN4O3S. The van der Waals surface area contributed by atoms with Crippen LogP contribution in [0.15, 0.2) is 41.3 Å². The van der Waals surface area contributed by atoms with Gasteiger partial charge < -0.3 is 4.90 Å². The zero-order valence-electron chi connectivity index (χ0n) is 16.7. The number of carbonyl (C=O) groups excluding carboxylic acids is 1. The molecule has 3 rings (SSSR count). The van der Waals surface area contributed by atoms with E-state index in [1.165, 1.54) is 18.2 Å². The van der Waals surface area contributed by atoms with E-state index in [1.54, 1.807) is 12.1 Å². The third-order valence-corrected chi connectivity index (χ3v) is 6.72. The molecule has 1 aliphatic rings. The minimum Gasteiger partial charge on any atom is -0.304 e. The number of anilines is 1. The van der Waals surface area contributed by atoms with Crippen molar-refractivity contribution in [2.75, 3.05) is 37.9 Å². The molecule has 9 heteroatoms. The van der Waals surface area contributed by atoms with Crippen LogP contribution in [0.4, 0.5) is 5.69 Å². The van der Waals surface area contributed by atoms with Crippen LogP contribution in [0.5, 0.6) is 0 Å². The summed E-state index contributed by atoms with van der Waals surface area (Å²) in [5.41, 5.74) is 5.44. The molecule has 0 unspecified atom stereocenters. The maximum atomic E-state index is 12.8. The molecular weight excluding hydrogens is 412 g/mol. The van der Waals surface area contributed by atoms with Crippen LogP contribution in [-0.2, 0) is 10.0 Å². The van der Waals surface area contributed by atoms with Gasteiger partial charge in [-0.1, -0.05) is 17.7 Å². The van der Waals surface area contributed by atoms with Gasteiger partial charge in [0.05, 0.1) is 15.5 Å². The van der Waals surface area contributed by atoms with Crippen molar-refractivity contribution in [2.45, 2.75) is 18.7 Å². The highest BCUT2D eigenvalue weighted by atomic mass is 35.5. The highest BCUT2D eigenvalue weighted by molar-refractivity contribution is 7.92. The van der Waals surface area contributed by atoms with Crippen LogP contribution in [0.2, 0.25) is 5.02 Å². The van der Waals surface area contributed by atoms with E-state index < -0.39 is 15.9 Å². The molecule has 1 aliphatic heterocycles. The Morgan fingerprint density at radius 1 is 1.00 bits per heavy atom. The van der Waals surface area contributed by atoms with Gasteiger partial charge in [0, 0.05) is 31.9 Å². The lowest BCUT2D eigenvalue weighted by Crippen LogP contribution is -2.52. The molecule has 156 valence electrons. The molecule has 2 N–H and O–H groups in total. The summed E-state index contributed by atoms with van der Waals surface area (Å²) < 4.78 is 28.2. The first-order valence-corrected chi connectivity index (χ1v) is 11.2. The lowest BCUT2D eigenvalue weighted by atomic mass is 10.1. The van der Waals surface area contributed by atoms with E-state index in [1.807, 2.05) is 32.0 Å². The van der Waals surface area contributed by atoms with Gasteiger partial charge in [-0.2, -0.15) is 0 Å². The van der Waals surface area contributed by atoms with Gasteiger partial charge in [0.25, 0.3) is 15.9 Å². The maximum absolute atomic E-state index is 12.8. The first-order chi connectivity index (χ1) is 13.7. The average molecular weight is 437 g/mol. The molecule has 0 radical (unpaired) electrons. The number of rotatable bonds is 5. The van der Waals surface area contributed by atoms with Gasteiger partial charge in [0.15, 0.2) is 0 Å². The van der Waals surface area contributed by atoms with Crippen LogP contribution in [0, 0.1) is 13.8 Å². The van der Waals surface area contributed by atoms with E-state index >= 15 is 0 Å². The largest absolute Gasteiger partial charge is 0.304 e. The number of nitrogens with one attached hydrogen (secondary N) is 2. The summed E-state index contributed by atoms with van der Waals surface area (Å²) in [7, 11) is -1.84. The summed E-state index contributed by atoms with van der Waals surface area (Å²) in [4.78, 5) is 14.8. The number of amides is 1. The van der Waals surface area contributed by atoms with Crippen molar-refractivity contribution in [3.63, 3.8) is 0 Å². The summed E-state index contributed by atoms with van der Waals surface area (Å²) in [6.45, 7) is 6.91. The SMILES string of the molecule is Cc1ccc(NS(=O)(=O)c2ccc(Cl)c(C(=O)NN3CCN(C)CC3)c2)cc1C. The molecule has 1 amide bonds. The van der Waals surface area contributed by atoms with Gasteiger partial charge in [0.2, 0.25) is 0 Å². The molecule has 0 aromatic heterocycles. The summed E-state index contributed by atoms with van der Waals surface area (Å²) in [5.74, 6) is -0.428. The van der Waals surface area contributed by atoms with Crippen LogP contribution in [0.25, 0.3) is 0 Å². The molecule has 29 heavy (non-hydrogen) atoms. The third kappa shape index (κ3) is 5.27. The Bertz CT molecular complexity index is 1020. The zero-order valence-corrected chi connectivity index (χ0v) is 18.3. The first kappa shape index (κ1) is 21.6. The molecule has 2 aromatic carbocycles. The maximum Gasteiger partial charge on any atom is 0.267 e. The molecule has 1 fully saturated rings. The molecule has 0 aliphatic carbocycles. The molecule has 0 atom stereocenters. The van der Waals surface area contributed by atoms with E-state index in [0.29, 0.717) is 18.8 Å². The number of sulfonamides is 1. The predicted octanol–water partition coefficient (Wildman–Crippen LogP) is 2.65. The monoisotopic (exact) mass is 436 g/mol. The van der Waals surface area contributed by atoms with Crippen molar-refractivity contribution in [1.82, 2.24) is 15.3 Å². The minimum absolute atomic E-state index is 0.0244. The minimum atomic E-state index is -3.87. The highest BCUT2D eigenvalue weighted by Gasteiger charge is 2.21. The fourth-order valence-electron chi connectivity index (χ4n) is 2.99. The lowest BCUT2D eigenvalue weighted by molar-refractivity contribution is 0.0662. The molecule has 7 nitrogen and oxygen atoms in total. The Labute approximate surface area is 176 Å². The Kier molecular flexibility index (Phi) is 6.48. The number of carbonyl (C=O) groups is 1. The van der Waals surface area contributed by atoms with Crippen LogP contribution in [-0.4, -0.2) is 57.5 Å². The summed E-state index contributed by atoms with van der Waals surface area (Å²) >= 11 is 6.18. The van der Waals surface area contributed by atoms with Crippen LogP contribution in [0.3, 0.4) is 0 Å². The smallest absolute Gasteiger partial charge is 0.267 e. The number of likely N-dealkylation sites (N-methyl/N-ethyl adjacent to an activating group) is 1. The number of nitrogens with zero attached hydrogens (tertiary/aromatic N) is 2. The number of aryl methyl sites for hydroxylation is 2. The van der Waals surface area contributed by atoms with Crippen LogP contribution >= 0.6 is 11.6 Å². The Morgan fingerprint density at radius 3 is 2.34 bits per heavy atom. The quantitative estimate of drug-likeness (QED) is 0.753. The summed E-state index contributed by atoms with van der Waals surface area (Å²) in [5, 5.41) is 2.01. The normalized spacial score (nSPS) is 15.9. The molecule has 2 aromatic rings. The van der Waals surface area contributed by atoms with E-state index in [-0.39, 0.29) is 15.5 Å². The van der Waals surface area contributed by atoms with Gasteiger partial charge in [-0.25, -0.2) is 13.4 Å². The summed E-state index contributed by atoms with van der Waals surface area (Å²) in [6, 6.07) is 9.44. The Hall–Kier alpha value is -2.13. The van der Waals surface area contributed by atoms with Crippen molar-refractivity contribution in [1.29, 1.82) is 0 Å². The zero-order chi connectivity index (χ0) is 21.2. The molecule has 0 saturated carbocycles. The topological polar surface area (TPSA) is 81.7 Å². The molecule has 0 spiro atoms. The number of hydrogen-bond donors (Lipinski definition) is 2. The molecule has 1 saturated heterocycles. The van der Waals surface area contributed by atoms with Gasteiger partial charge in [-0.3, -0.25) is 14.9 Å². The average Bonchev–Trinajstić information content (AvgIpc) is 2.66. The number of hydrazine groups is 1. The lowest BCUT2D eigenvalue weighted by Gasteiger charge is -2.32. The van der Waals surface area contributed by atoms with Gasteiger partial charge in [-0.05, 0) is 62.4 Å². The standard InChI is InChI=1S/C20H25ClN4O3S/c1-14-4-5-16(12-15(14)2)23-29(27,28)17-6-7-19(21)18(13-17)20(26)22-25-10-8-24(3)9-11-25/h4-7,12-13,23H,8-11H2,1-3H3,(H,22,26). The highest BCUT2D eigenvalue weighted by Crippen LogP contribution is 2.23. The Balaban J connectivity index is 1.79. The fraction of sp³-hybridized carbons (Fsp3) is 0.350. The number of hydrogen-bond acceptors (Lipinski definition) is 5.